The number of hydrogen-bond donors (Lipinski definition) is 0. The lowest BCUT2D eigenvalue weighted by molar-refractivity contribution is -0.146. The summed E-state index contributed by atoms with van der Waals surface area (Å²) in [6.07, 6.45) is -7.53. The molecule has 0 aliphatic heterocycles. The maximum atomic E-state index is 13.0. The number of benzene rings is 1. The maximum absolute atomic E-state index is 13.0. The van der Waals surface area contributed by atoms with Crippen LogP contribution in [0.5, 0.6) is 0 Å². The van der Waals surface area contributed by atoms with Gasteiger partial charge < -0.3 is 0 Å². The van der Waals surface area contributed by atoms with Crippen LogP contribution in [0.4, 0.5) is 26.3 Å². The fourth-order valence-corrected chi connectivity index (χ4v) is 2.21. The van der Waals surface area contributed by atoms with Crippen LogP contribution in [0.2, 0.25) is 0 Å². The summed E-state index contributed by atoms with van der Waals surface area (Å²) in [6.45, 7) is 5.83. The van der Waals surface area contributed by atoms with Gasteiger partial charge in [-0.15, -0.1) is 0 Å². The van der Waals surface area contributed by atoms with Crippen molar-refractivity contribution in [2.45, 2.75) is 52.4 Å². The van der Waals surface area contributed by atoms with Crippen molar-refractivity contribution in [3.05, 3.63) is 47.2 Å². The van der Waals surface area contributed by atoms with Gasteiger partial charge in [-0.25, -0.2) is 4.99 Å². The van der Waals surface area contributed by atoms with Gasteiger partial charge in [-0.2, -0.15) is 26.3 Å². The molecule has 140 valence electrons. The molecular weight excluding hydrogens is 344 g/mol. The molecule has 1 rings (SSSR count). The van der Waals surface area contributed by atoms with Crippen molar-refractivity contribution in [1.82, 2.24) is 0 Å². The van der Waals surface area contributed by atoms with Crippen molar-refractivity contribution in [3.8, 4) is 0 Å². The Balaban J connectivity index is 3.31. The lowest BCUT2D eigenvalue weighted by Crippen LogP contribution is -2.19. The average Bonchev–Trinajstić information content (AvgIpc) is 2.52. The molecule has 25 heavy (non-hydrogen) atoms. The lowest BCUT2D eigenvalue weighted by atomic mass is 9.93. The molecule has 1 aromatic rings. The molecule has 0 N–H and O–H groups in total. The predicted octanol–water partition coefficient (Wildman–Crippen LogP) is 6.65. The highest BCUT2D eigenvalue weighted by Crippen LogP contribution is 2.34. The quantitative estimate of drug-likeness (QED) is 0.409. The maximum Gasteiger partial charge on any atom is 0.433 e. The normalized spacial score (nSPS) is 16.7. The molecule has 1 aromatic carbocycles. The summed E-state index contributed by atoms with van der Waals surface area (Å²) in [5.74, 6) is -1.92. The van der Waals surface area contributed by atoms with Gasteiger partial charge in [-0.1, -0.05) is 44.2 Å². The third-order valence-corrected chi connectivity index (χ3v) is 4.08. The monoisotopic (exact) mass is 365 g/mol. The Kier molecular flexibility index (Phi) is 6.85. The van der Waals surface area contributed by atoms with Crippen LogP contribution in [0.3, 0.4) is 0 Å². The molecule has 7 heteroatoms. The van der Waals surface area contributed by atoms with Crippen LogP contribution in [0.15, 0.2) is 41.0 Å². The van der Waals surface area contributed by atoms with E-state index in [0.29, 0.717) is 12.0 Å². The zero-order chi connectivity index (χ0) is 19.4. The van der Waals surface area contributed by atoms with Crippen molar-refractivity contribution in [2.75, 3.05) is 0 Å². The van der Waals surface area contributed by atoms with Crippen molar-refractivity contribution >= 4 is 5.71 Å². The van der Waals surface area contributed by atoms with Crippen LogP contribution in [-0.4, -0.2) is 18.1 Å². The SMILES string of the molecule is C/C=C(\N=C(c1ccc(C(C)C(F)(F)F)cc1)C(C)CC)C(F)(F)F. The first-order valence-corrected chi connectivity index (χ1v) is 7.90. The van der Waals surface area contributed by atoms with Gasteiger partial charge in [-0.05, 0) is 37.3 Å². The number of nitrogens with zero attached hydrogens (tertiary/aromatic N) is 1. The van der Waals surface area contributed by atoms with Gasteiger partial charge in [0.2, 0.25) is 0 Å². The summed E-state index contributed by atoms with van der Waals surface area (Å²) < 4.78 is 77.2. The number of halogens is 6. The number of alkyl halides is 6. The molecule has 0 heterocycles. The van der Waals surface area contributed by atoms with Gasteiger partial charge in [0.15, 0.2) is 0 Å². The minimum Gasteiger partial charge on any atom is -0.248 e. The summed E-state index contributed by atoms with van der Waals surface area (Å²) in [6, 6.07) is 5.36. The highest BCUT2D eigenvalue weighted by Gasteiger charge is 2.37. The lowest BCUT2D eigenvalue weighted by Gasteiger charge is -2.18. The van der Waals surface area contributed by atoms with Crippen LogP contribution in [0.1, 0.15) is 51.2 Å². The van der Waals surface area contributed by atoms with E-state index in [1.807, 2.05) is 6.92 Å². The van der Waals surface area contributed by atoms with E-state index in [0.717, 1.165) is 13.0 Å². The molecule has 0 fully saturated rings. The van der Waals surface area contributed by atoms with Crippen molar-refractivity contribution in [2.24, 2.45) is 10.9 Å². The van der Waals surface area contributed by atoms with Gasteiger partial charge in [0.25, 0.3) is 0 Å². The second-order valence-corrected chi connectivity index (χ2v) is 5.86. The van der Waals surface area contributed by atoms with Crippen LogP contribution in [0.25, 0.3) is 0 Å². The molecule has 0 bridgehead atoms. The van der Waals surface area contributed by atoms with E-state index < -0.39 is 24.0 Å². The molecule has 0 saturated heterocycles. The van der Waals surface area contributed by atoms with Gasteiger partial charge >= 0.3 is 12.4 Å². The topological polar surface area (TPSA) is 12.4 Å². The van der Waals surface area contributed by atoms with Crippen molar-refractivity contribution in [3.63, 3.8) is 0 Å². The van der Waals surface area contributed by atoms with Gasteiger partial charge in [0.05, 0.1) is 11.6 Å². The van der Waals surface area contributed by atoms with E-state index in [2.05, 4.69) is 4.99 Å². The molecular formula is C18H21F6N. The van der Waals surface area contributed by atoms with Gasteiger partial charge in [0.1, 0.15) is 5.70 Å². The molecule has 0 aliphatic rings. The number of allylic oxidation sites excluding steroid dienone is 2. The summed E-state index contributed by atoms with van der Waals surface area (Å²) in [5.41, 5.74) is -0.368. The Morgan fingerprint density at radius 3 is 1.92 bits per heavy atom. The zero-order valence-corrected chi connectivity index (χ0v) is 14.5. The Hall–Kier alpha value is -1.79. The van der Waals surface area contributed by atoms with Gasteiger partial charge in [-0.3, -0.25) is 0 Å². The van der Waals surface area contributed by atoms with E-state index in [1.54, 1.807) is 6.92 Å². The fraction of sp³-hybridized carbons (Fsp3) is 0.500. The van der Waals surface area contributed by atoms with Crippen molar-refractivity contribution < 1.29 is 26.3 Å². The molecule has 0 aromatic heterocycles. The molecule has 0 spiro atoms. The summed E-state index contributed by atoms with van der Waals surface area (Å²) in [5, 5.41) is 0. The summed E-state index contributed by atoms with van der Waals surface area (Å²) in [7, 11) is 0. The highest BCUT2D eigenvalue weighted by molar-refractivity contribution is 6.02. The van der Waals surface area contributed by atoms with E-state index in [4.69, 9.17) is 0 Å². The molecule has 2 unspecified atom stereocenters. The van der Waals surface area contributed by atoms with Crippen LogP contribution in [-0.2, 0) is 0 Å². The largest absolute Gasteiger partial charge is 0.433 e. The third-order valence-electron chi connectivity index (χ3n) is 4.08. The Morgan fingerprint density at radius 2 is 1.56 bits per heavy atom. The Labute approximate surface area is 143 Å². The van der Waals surface area contributed by atoms with E-state index >= 15 is 0 Å². The first-order valence-electron chi connectivity index (χ1n) is 7.90. The number of aliphatic imine (C=N–C) groups is 1. The first kappa shape index (κ1) is 21.3. The molecule has 2 atom stereocenters. The van der Waals surface area contributed by atoms with E-state index in [-0.39, 0.29) is 17.2 Å². The van der Waals surface area contributed by atoms with Crippen LogP contribution < -0.4 is 0 Å². The standard InChI is InChI=1S/C18H21F6N/c1-5-11(3)16(25-15(6-2)18(22,23)24)14-9-7-13(8-10-14)12(4)17(19,20)21/h6-12H,5H2,1-4H3/b15-6-,25-16?. The minimum atomic E-state index is -4.59. The minimum absolute atomic E-state index is 0.0573. The number of hydrogen-bond acceptors (Lipinski definition) is 1. The van der Waals surface area contributed by atoms with E-state index in [9.17, 15) is 26.3 Å². The fourth-order valence-electron chi connectivity index (χ4n) is 2.21. The van der Waals surface area contributed by atoms with Crippen molar-refractivity contribution in [1.29, 1.82) is 0 Å². The molecule has 0 radical (unpaired) electrons. The summed E-state index contributed by atoms with van der Waals surface area (Å²) >= 11 is 0. The molecule has 0 aliphatic carbocycles. The highest BCUT2D eigenvalue weighted by atomic mass is 19.4. The van der Waals surface area contributed by atoms with E-state index in [1.165, 1.54) is 31.2 Å². The Bertz CT molecular complexity index is 622. The average molecular weight is 365 g/mol. The predicted molar refractivity (Wildman–Crippen MR) is 86.7 cm³/mol. The second-order valence-electron chi connectivity index (χ2n) is 5.86. The third kappa shape index (κ3) is 5.61. The smallest absolute Gasteiger partial charge is 0.248 e. The molecule has 0 saturated carbocycles. The Morgan fingerprint density at radius 1 is 1.04 bits per heavy atom. The zero-order valence-electron chi connectivity index (χ0n) is 14.5. The van der Waals surface area contributed by atoms with Crippen LogP contribution in [0, 0.1) is 5.92 Å². The number of rotatable bonds is 5. The molecule has 0 amide bonds. The first-order chi connectivity index (χ1) is 11.4. The van der Waals surface area contributed by atoms with Gasteiger partial charge in [0, 0.05) is 0 Å². The summed E-state index contributed by atoms with van der Waals surface area (Å²) in [4.78, 5) is 3.76. The molecule has 1 nitrogen and oxygen atoms in total. The van der Waals surface area contributed by atoms with Crippen LogP contribution >= 0.6 is 0 Å². The second kappa shape index (κ2) is 8.06.